The molecule has 1 N–H and O–H groups in total. The van der Waals surface area contributed by atoms with Crippen LogP contribution < -0.4 is 4.74 Å². The molecule has 0 aliphatic carbocycles. The molecule has 6 nitrogen and oxygen atoms in total. The molecule has 1 aliphatic rings. The average Bonchev–Trinajstić information content (AvgIpc) is 2.66. The minimum atomic E-state index is -0.713. The number of hydrogen-bond acceptors (Lipinski definition) is 4. The number of amides is 2. The van der Waals surface area contributed by atoms with E-state index in [2.05, 4.69) is 0 Å². The van der Waals surface area contributed by atoms with Crippen molar-refractivity contribution < 1.29 is 19.4 Å². The SMILES string of the molecule is COc1ccc(CC(=O)N2CC(=O)N(CC(C)C)CC(O)C2)cc1. The Hall–Kier alpha value is -2.08. The van der Waals surface area contributed by atoms with E-state index in [0.29, 0.717) is 12.5 Å². The second-order valence-corrected chi connectivity index (χ2v) is 6.65. The number of β-amino-alcohol motifs (C(OH)–C–C–N with tert-alkyl or cyclic N) is 1. The van der Waals surface area contributed by atoms with Gasteiger partial charge in [0.15, 0.2) is 0 Å². The number of methoxy groups -OCH3 is 1. The van der Waals surface area contributed by atoms with E-state index in [-0.39, 0.29) is 37.9 Å². The van der Waals surface area contributed by atoms with Crippen LogP contribution in [0.2, 0.25) is 0 Å². The smallest absolute Gasteiger partial charge is 0.242 e. The first-order valence-electron chi connectivity index (χ1n) is 8.25. The molecule has 0 aromatic heterocycles. The third-order valence-electron chi connectivity index (χ3n) is 3.99. The molecule has 1 fully saturated rings. The standard InChI is InChI=1S/C18H26N2O4/c1-13(2)9-19-10-15(21)11-20(12-18(19)23)17(22)8-14-4-6-16(24-3)7-5-14/h4-7,13,15,21H,8-12H2,1-3H3. The van der Waals surface area contributed by atoms with Gasteiger partial charge in [-0.15, -0.1) is 0 Å². The molecule has 2 rings (SSSR count). The van der Waals surface area contributed by atoms with E-state index >= 15 is 0 Å². The zero-order valence-electron chi connectivity index (χ0n) is 14.6. The molecular weight excluding hydrogens is 308 g/mol. The van der Waals surface area contributed by atoms with Crippen molar-refractivity contribution in [1.82, 2.24) is 9.80 Å². The maximum Gasteiger partial charge on any atom is 0.242 e. The minimum absolute atomic E-state index is 0.0266. The maximum atomic E-state index is 12.5. The highest BCUT2D eigenvalue weighted by Gasteiger charge is 2.29. The normalized spacial score (nSPS) is 18.7. The van der Waals surface area contributed by atoms with Crippen molar-refractivity contribution >= 4 is 11.8 Å². The van der Waals surface area contributed by atoms with Gasteiger partial charge in [-0.3, -0.25) is 9.59 Å². The van der Waals surface area contributed by atoms with Crippen LogP contribution in [-0.2, 0) is 16.0 Å². The average molecular weight is 334 g/mol. The monoisotopic (exact) mass is 334 g/mol. The number of hydrogen-bond donors (Lipinski definition) is 1. The van der Waals surface area contributed by atoms with Crippen molar-refractivity contribution in [2.75, 3.05) is 33.3 Å². The van der Waals surface area contributed by atoms with Gasteiger partial charge in [-0.25, -0.2) is 0 Å². The first-order valence-corrected chi connectivity index (χ1v) is 8.25. The topological polar surface area (TPSA) is 70.1 Å². The molecule has 1 saturated heterocycles. The fourth-order valence-electron chi connectivity index (χ4n) is 2.83. The van der Waals surface area contributed by atoms with Gasteiger partial charge >= 0.3 is 0 Å². The molecule has 1 atom stereocenters. The molecule has 1 aromatic carbocycles. The van der Waals surface area contributed by atoms with Crippen LogP contribution >= 0.6 is 0 Å². The van der Waals surface area contributed by atoms with Crippen molar-refractivity contribution in [3.8, 4) is 5.75 Å². The number of benzene rings is 1. The Balaban J connectivity index is 2.01. The number of nitrogens with zero attached hydrogens (tertiary/aromatic N) is 2. The van der Waals surface area contributed by atoms with Crippen molar-refractivity contribution in [2.45, 2.75) is 26.4 Å². The lowest BCUT2D eigenvalue weighted by atomic mass is 10.1. The van der Waals surface area contributed by atoms with E-state index in [0.717, 1.165) is 11.3 Å². The van der Waals surface area contributed by atoms with Gasteiger partial charge in [-0.1, -0.05) is 26.0 Å². The summed E-state index contributed by atoms with van der Waals surface area (Å²) in [7, 11) is 1.59. The van der Waals surface area contributed by atoms with E-state index in [1.807, 2.05) is 26.0 Å². The van der Waals surface area contributed by atoms with Crippen LogP contribution in [0.3, 0.4) is 0 Å². The van der Waals surface area contributed by atoms with Crippen LogP contribution in [0.15, 0.2) is 24.3 Å². The Bertz CT molecular complexity index is 571. The fourth-order valence-corrected chi connectivity index (χ4v) is 2.83. The van der Waals surface area contributed by atoms with E-state index in [9.17, 15) is 14.7 Å². The van der Waals surface area contributed by atoms with Crippen LogP contribution in [-0.4, -0.2) is 66.1 Å². The van der Waals surface area contributed by atoms with Crippen LogP contribution in [0.4, 0.5) is 0 Å². The first-order chi connectivity index (χ1) is 11.4. The largest absolute Gasteiger partial charge is 0.497 e. The molecule has 1 heterocycles. The van der Waals surface area contributed by atoms with E-state index in [1.165, 1.54) is 4.90 Å². The molecule has 2 amide bonds. The third kappa shape index (κ3) is 4.96. The fraction of sp³-hybridized carbons (Fsp3) is 0.556. The van der Waals surface area contributed by atoms with Crippen LogP contribution in [0.1, 0.15) is 19.4 Å². The Morgan fingerprint density at radius 2 is 1.96 bits per heavy atom. The Morgan fingerprint density at radius 1 is 1.29 bits per heavy atom. The molecule has 132 valence electrons. The molecule has 1 unspecified atom stereocenters. The van der Waals surface area contributed by atoms with Crippen molar-refractivity contribution in [2.24, 2.45) is 5.92 Å². The summed E-state index contributed by atoms with van der Waals surface area (Å²) < 4.78 is 5.10. The third-order valence-corrected chi connectivity index (χ3v) is 3.99. The number of aliphatic hydroxyl groups excluding tert-OH is 1. The lowest BCUT2D eigenvalue weighted by Crippen LogP contribution is -2.41. The zero-order valence-corrected chi connectivity index (χ0v) is 14.6. The van der Waals surface area contributed by atoms with Gasteiger partial charge in [0.2, 0.25) is 11.8 Å². The van der Waals surface area contributed by atoms with E-state index in [4.69, 9.17) is 4.74 Å². The summed E-state index contributed by atoms with van der Waals surface area (Å²) in [5.41, 5.74) is 0.853. The number of carbonyl (C=O) groups is 2. The van der Waals surface area contributed by atoms with Gasteiger partial charge in [-0.05, 0) is 23.6 Å². The van der Waals surface area contributed by atoms with Crippen molar-refractivity contribution in [3.63, 3.8) is 0 Å². The highest BCUT2D eigenvalue weighted by Crippen LogP contribution is 2.14. The number of rotatable bonds is 5. The molecule has 24 heavy (non-hydrogen) atoms. The highest BCUT2D eigenvalue weighted by molar-refractivity contribution is 5.86. The number of carbonyl (C=O) groups excluding carboxylic acids is 2. The summed E-state index contributed by atoms with van der Waals surface area (Å²) in [6.07, 6.45) is -0.510. The highest BCUT2D eigenvalue weighted by atomic mass is 16.5. The first kappa shape index (κ1) is 18.3. The molecule has 6 heteroatoms. The Labute approximate surface area is 143 Å². The molecular formula is C18H26N2O4. The maximum absolute atomic E-state index is 12.5. The molecule has 0 saturated carbocycles. The number of aliphatic hydroxyl groups is 1. The van der Waals surface area contributed by atoms with Gasteiger partial charge in [0.05, 0.1) is 26.2 Å². The molecule has 0 radical (unpaired) electrons. The van der Waals surface area contributed by atoms with Crippen LogP contribution in [0.5, 0.6) is 5.75 Å². The van der Waals surface area contributed by atoms with Crippen molar-refractivity contribution in [3.05, 3.63) is 29.8 Å². The predicted octanol–water partition coefficient (Wildman–Crippen LogP) is 0.925. The predicted molar refractivity (Wildman–Crippen MR) is 90.7 cm³/mol. The summed E-state index contributed by atoms with van der Waals surface area (Å²) in [5.74, 6) is 0.792. The molecule has 0 spiro atoms. The summed E-state index contributed by atoms with van der Waals surface area (Å²) in [5, 5.41) is 10.1. The zero-order chi connectivity index (χ0) is 17.7. The second-order valence-electron chi connectivity index (χ2n) is 6.65. The molecule has 1 aliphatic heterocycles. The minimum Gasteiger partial charge on any atom is -0.497 e. The molecule has 1 aromatic rings. The Morgan fingerprint density at radius 3 is 2.54 bits per heavy atom. The van der Waals surface area contributed by atoms with Gasteiger partial charge < -0.3 is 19.6 Å². The summed E-state index contributed by atoms with van der Waals surface area (Å²) >= 11 is 0. The van der Waals surface area contributed by atoms with Crippen molar-refractivity contribution in [1.29, 1.82) is 0 Å². The van der Waals surface area contributed by atoms with Crippen LogP contribution in [0.25, 0.3) is 0 Å². The lowest BCUT2D eigenvalue weighted by molar-refractivity contribution is -0.138. The van der Waals surface area contributed by atoms with Gasteiger partial charge in [-0.2, -0.15) is 0 Å². The second kappa shape index (κ2) is 8.15. The Kier molecular flexibility index (Phi) is 6.20. The van der Waals surface area contributed by atoms with Gasteiger partial charge in [0.1, 0.15) is 5.75 Å². The summed E-state index contributed by atoms with van der Waals surface area (Å²) in [4.78, 5) is 28.0. The lowest BCUT2D eigenvalue weighted by Gasteiger charge is -2.23. The van der Waals surface area contributed by atoms with Gasteiger partial charge in [0.25, 0.3) is 0 Å². The summed E-state index contributed by atoms with van der Waals surface area (Å²) in [6, 6.07) is 7.26. The van der Waals surface area contributed by atoms with E-state index in [1.54, 1.807) is 24.1 Å². The summed E-state index contributed by atoms with van der Waals surface area (Å²) in [6.45, 7) is 5.14. The van der Waals surface area contributed by atoms with Crippen LogP contribution in [0, 0.1) is 5.92 Å². The van der Waals surface area contributed by atoms with E-state index < -0.39 is 6.10 Å². The van der Waals surface area contributed by atoms with Gasteiger partial charge in [0, 0.05) is 19.6 Å². The number of ether oxygens (including phenoxy) is 1. The quantitative estimate of drug-likeness (QED) is 0.869. The molecule has 0 bridgehead atoms.